The summed E-state index contributed by atoms with van der Waals surface area (Å²) in [5.74, 6) is 1.00. The van der Waals surface area contributed by atoms with Crippen molar-refractivity contribution in [1.29, 1.82) is 0 Å². The lowest BCUT2D eigenvalue weighted by Crippen LogP contribution is -2.38. The number of hydrogen-bond donors (Lipinski definition) is 1. The molecular weight excluding hydrogens is 252 g/mol. The summed E-state index contributed by atoms with van der Waals surface area (Å²) in [7, 11) is 1.68. The third kappa shape index (κ3) is 3.46. The Morgan fingerprint density at radius 1 is 1.39 bits per heavy atom. The number of nitrogen functional groups attached to an aromatic ring is 1. The summed E-state index contributed by atoms with van der Waals surface area (Å²) >= 11 is 6.19. The minimum Gasteiger partial charge on any atom is -0.383 e. The molecular formula is C12H21ClN4O. The van der Waals surface area contributed by atoms with Gasteiger partial charge in [0.25, 0.3) is 0 Å². The van der Waals surface area contributed by atoms with Gasteiger partial charge in [-0.2, -0.15) is 0 Å². The van der Waals surface area contributed by atoms with Crippen LogP contribution in [0.15, 0.2) is 6.33 Å². The zero-order chi connectivity index (χ0) is 13.5. The highest BCUT2D eigenvalue weighted by Crippen LogP contribution is 2.29. The van der Waals surface area contributed by atoms with E-state index < -0.39 is 0 Å². The number of rotatable bonds is 7. The average molecular weight is 273 g/mol. The van der Waals surface area contributed by atoms with Crippen LogP contribution in [0.4, 0.5) is 11.6 Å². The van der Waals surface area contributed by atoms with Gasteiger partial charge in [-0.3, -0.25) is 0 Å². The Morgan fingerprint density at radius 2 is 2.06 bits per heavy atom. The van der Waals surface area contributed by atoms with Crippen molar-refractivity contribution in [2.75, 3.05) is 30.9 Å². The van der Waals surface area contributed by atoms with Crippen LogP contribution in [0, 0.1) is 0 Å². The number of methoxy groups -OCH3 is 1. The molecule has 102 valence electrons. The molecule has 5 nitrogen and oxygen atoms in total. The van der Waals surface area contributed by atoms with E-state index in [4.69, 9.17) is 22.1 Å². The topological polar surface area (TPSA) is 64.3 Å². The lowest BCUT2D eigenvalue weighted by molar-refractivity contribution is 0.202. The second kappa shape index (κ2) is 7.38. The number of nitrogens with two attached hydrogens (primary N) is 1. The number of anilines is 2. The second-order valence-electron chi connectivity index (χ2n) is 4.05. The Bertz CT molecular complexity index is 371. The Hall–Kier alpha value is -1.07. The molecule has 0 fully saturated rings. The van der Waals surface area contributed by atoms with Gasteiger partial charge >= 0.3 is 0 Å². The summed E-state index contributed by atoms with van der Waals surface area (Å²) in [6.07, 6.45) is 3.47. The molecule has 0 aromatic carbocycles. The highest BCUT2D eigenvalue weighted by Gasteiger charge is 2.20. The Balaban J connectivity index is 3.04. The number of ether oxygens (including phenoxy) is 1. The van der Waals surface area contributed by atoms with E-state index in [9.17, 15) is 0 Å². The maximum Gasteiger partial charge on any atom is 0.153 e. The first-order valence-corrected chi connectivity index (χ1v) is 6.54. The van der Waals surface area contributed by atoms with Crippen LogP contribution in [-0.4, -0.2) is 36.3 Å². The fourth-order valence-corrected chi connectivity index (χ4v) is 2.16. The Morgan fingerprint density at radius 3 is 2.61 bits per heavy atom. The summed E-state index contributed by atoms with van der Waals surface area (Å²) in [5, 5.41) is 0.417. The summed E-state index contributed by atoms with van der Waals surface area (Å²) in [5.41, 5.74) is 5.73. The van der Waals surface area contributed by atoms with Crippen LogP contribution < -0.4 is 10.6 Å². The lowest BCUT2D eigenvalue weighted by atomic mass is 10.1. The molecule has 1 rings (SSSR count). The molecule has 0 unspecified atom stereocenters. The predicted octanol–water partition coefficient (Wildman–Crippen LogP) is 2.35. The van der Waals surface area contributed by atoms with Crippen molar-refractivity contribution in [2.24, 2.45) is 0 Å². The first-order valence-electron chi connectivity index (χ1n) is 6.17. The van der Waals surface area contributed by atoms with E-state index in [-0.39, 0.29) is 0 Å². The monoisotopic (exact) mass is 272 g/mol. The predicted molar refractivity (Wildman–Crippen MR) is 75.0 cm³/mol. The molecule has 0 saturated heterocycles. The molecule has 2 N–H and O–H groups in total. The molecule has 0 spiro atoms. The van der Waals surface area contributed by atoms with Gasteiger partial charge in [0.1, 0.15) is 17.2 Å². The third-order valence-electron chi connectivity index (χ3n) is 2.99. The van der Waals surface area contributed by atoms with Gasteiger partial charge in [-0.05, 0) is 12.8 Å². The lowest BCUT2D eigenvalue weighted by Gasteiger charge is -2.32. The van der Waals surface area contributed by atoms with Crippen LogP contribution in [0.2, 0.25) is 5.02 Å². The molecule has 1 heterocycles. The molecule has 0 saturated carbocycles. The van der Waals surface area contributed by atoms with Gasteiger partial charge in [-0.1, -0.05) is 25.4 Å². The van der Waals surface area contributed by atoms with Gasteiger partial charge in [0, 0.05) is 19.7 Å². The van der Waals surface area contributed by atoms with Crippen LogP contribution in [0.3, 0.4) is 0 Å². The highest BCUT2D eigenvalue weighted by molar-refractivity contribution is 6.35. The zero-order valence-corrected chi connectivity index (χ0v) is 11.9. The van der Waals surface area contributed by atoms with E-state index in [0.29, 0.717) is 29.3 Å². The molecule has 0 atom stereocenters. The molecule has 0 aliphatic rings. The fourth-order valence-electron chi connectivity index (χ4n) is 1.95. The molecule has 0 aliphatic carbocycles. The molecule has 0 aliphatic heterocycles. The van der Waals surface area contributed by atoms with E-state index in [0.717, 1.165) is 19.4 Å². The number of hydrogen-bond acceptors (Lipinski definition) is 5. The number of halogens is 1. The van der Waals surface area contributed by atoms with E-state index >= 15 is 0 Å². The van der Waals surface area contributed by atoms with Gasteiger partial charge in [0.15, 0.2) is 5.82 Å². The fraction of sp³-hybridized carbons (Fsp3) is 0.667. The minimum absolute atomic E-state index is 0.315. The van der Waals surface area contributed by atoms with Gasteiger partial charge in [0.2, 0.25) is 0 Å². The van der Waals surface area contributed by atoms with Gasteiger partial charge in [-0.15, -0.1) is 0 Å². The quantitative estimate of drug-likeness (QED) is 0.825. The Kier molecular flexibility index (Phi) is 6.15. The van der Waals surface area contributed by atoms with Gasteiger partial charge in [-0.25, -0.2) is 9.97 Å². The van der Waals surface area contributed by atoms with Crippen LogP contribution in [0.1, 0.15) is 26.7 Å². The minimum atomic E-state index is 0.315. The smallest absolute Gasteiger partial charge is 0.153 e. The van der Waals surface area contributed by atoms with E-state index in [2.05, 4.69) is 28.7 Å². The largest absolute Gasteiger partial charge is 0.383 e. The van der Waals surface area contributed by atoms with Crippen molar-refractivity contribution in [3.8, 4) is 0 Å². The van der Waals surface area contributed by atoms with E-state index in [1.165, 1.54) is 6.33 Å². The third-order valence-corrected chi connectivity index (χ3v) is 3.35. The maximum atomic E-state index is 6.19. The number of nitrogens with zero attached hydrogens (tertiary/aromatic N) is 3. The zero-order valence-electron chi connectivity index (χ0n) is 11.2. The van der Waals surface area contributed by atoms with Crippen molar-refractivity contribution in [1.82, 2.24) is 9.97 Å². The van der Waals surface area contributed by atoms with Crippen molar-refractivity contribution < 1.29 is 4.74 Å². The maximum absolute atomic E-state index is 6.19. The summed E-state index contributed by atoms with van der Waals surface area (Å²) in [4.78, 5) is 10.3. The van der Waals surface area contributed by atoms with Gasteiger partial charge in [0.05, 0.1) is 6.61 Å². The molecule has 0 amide bonds. The summed E-state index contributed by atoms with van der Waals surface area (Å²) in [6, 6.07) is 0.368. The van der Waals surface area contributed by atoms with Crippen LogP contribution in [0.25, 0.3) is 0 Å². The highest BCUT2D eigenvalue weighted by atomic mass is 35.5. The first kappa shape index (κ1) is 15.0. The normalized spacial score (nSPS) is 10.9. The summed E-state index contributed by atoms with van der Waals surface area (Å²) in [6.45, 7) is 5.65. The van der Waals surface area contributed by atoms with Crippen molar-refractivity contribution >= 4 is 23.2 Å². The van der Waals surface area contributed by atoms with Gasteiger partial charge < -0.3 is 15.4 Å². The van der Waals surface area contributed by atoms with Crippen molar-refractivity contribution in [3.63, 3.8) is 0 Å². The van der Waals surface area contributed by atoms with Crippen molar-refractivity contribution in [2.45, 2.75) is 32.7 Å². The van der Waals surface area contributed by atoms with Crippen LogP contribution in [-0.2, 0) is 4.74 Å². The van der Waals surface area contributed by atoms with E-state index in [1.54, 1.807) is 7.11 Å². The SMILES string of the molecule is CCC(CC)N(CCOC)c1ncnc(N)c1Cl. The average Bonchev–Trinajstić information content (AvgIpc) is 2.38. The van der Waals surface area contributed by atoms with Crippen LogP contribution in [0.5, 0.6) is 0 Å². The first-order chi connectivity index (χ1) is 8.65. The molecule has 0 bridgehead atoms. The van der Waals surface area contributed by atoms with E-state index in [1.807, 2.05) is 0 Å². The molecule has 1 aromatic rings. The standard InChI is InChI=1S/C12H21ClN4O/c1-4-9(5-2)17(6-7-18-3)12-10(13)11(14)15-8-16-12/h8-9H,4-7H2,1-3H3,(H2,14,15,16). The number of aromatic nitrogens is 2. The summed E-state index contributed by atoms with van der Waals surface area (Å²) < 4.78 is 5.14. The van der Waals surface area contributed by atoms with Crippen molar-refractivity contribution in [3.05, 3.63) is 11.3 Å². The molecule has 1 aromatic heterocycles. The molecule has 18 heavy (non-hydrogen) atoms. The molecule has 0 radical (unpaired) electrons. The second-order valence-corrected chi connectivity index (χ2v) is 4.43. The Labute approximate surface area is 113 Å². The van der Waals surface area contributed by atoms with Crippen LogP contribution >= 0.6 is 11.6 Å². The molecule has 6 heteroatoms.